The molecule has 98 valence electrons. The first-order chi connectivity index (χ1) is 8.68. The predicted octanol–water partition coefficient (Wildman–Crippen LogP) is 0.143. The number of carbonyl (C=O) groups is 2. The van der Waals surface area contributed by atoms with Crippen LogP contribution in [0.15, 0.2) is 30.6 Å². The zero-order chi connectivity index (χ0) is 13.2. The van der Waals surface area contributed by atoms with Gasteiger partial charge < -0.3 is 15.2 Å². The highest BCUT2D eigenvalue weighted by Crippen LogP contribution is 1.86. The fraction of sp³-hybridized carbons (Fsp3) is 0.364. The van der Waals surface area contributed by atoms with Crippen LogP contribution in [0.3, 0.4) is 0 Å². The molecule has 0 radical (unpaired) electrons. The number of hydrogen-bond acceptors (Lipinski definition) is 4. The lowest BCUT2D eigenvalue weighted by Crippen LogP contribution is -2.43. The van der Waals surface area contributed by atoms with Crippen molar-refractivity contribution in [3.63, 3.8) is 0 Å². The maximum absolute atomic E-state index is 11.2. The Balaban J connectivity index is 2.06. The number of nitrogens with zero attached hydrogens (tertiary/aromatic N) is 1. The Morgan fingerprint density at radius 3 is 2.44 bits per heavy atom. The summed E-state index contributed by atoms with van der Waals surface area (Å²) in [6.07, 6.45) is 2.70. The van der Waals surface area contributed by atoms with Gasteiger partial charge in [-0.2, -0.15) is 4.57 Å². The summed E-state index contributed by atoms with van der Waals surface area (Å²) in [5, 5.41) is 2.57. The number of ether oxygens (including phenoxy) is 2. The lowest BCUT2D eigenvalue weighted by atomic mass is 10.5. The van der Waals surface area contributed by atoms with Crippen LogP contribution >= 0.6 is 0 Å². The van der Waals surface area contributed by atoms with Crippen LogP contribution in [0.5, 0.6) is 0 Å². The molecule has 0 atom stereocenters. The smallest absolute Gasteiger partial charge is 0.411 e. The average Bonchev–Trinajstić information content (AvgIpc) is 2.37. The molecule has 0 saturated heterocycles. The zero-order valence-corrected chi connectivity index (χ0v) is 9.87. The highest BCUT2D eigenvalue weighted by molar-refractivity contribution is 5.66. The summed E-state index contributed by atoms with van der Waals surface area (Å²) >= 11 is 0. The van der Waals surface area contributed by atoms with Crippen LogP contribution in [0, 0.1) is 0 Å². The molecule has 7 heteroatoms. The number of alkyl carbamates (subject to hydrolysis) is 1. The standard InChI is InChI=1S/C11H15N3O4/c12-10(15)17-7-4-8-18-11(16)13-9-14-5-2-1-3-6-14/h1-3,5-6H,4,7-9H2,(H2-,12,13,15,16)/p+1. The maximum Gasteiger partial charge on any atom is 0.411 e. The van der Waals surface area contributed by atoms with Gasteiger partial charge in [-0.05, 0) is 0 Å². The minimum absolute atomic E-state index is 0.135. The summed E-state index contributed by atoms with van der Waals surface area (Å²) in [6.45, 7) is 0.631. The summed E-state index contributed by atoms with van der Waals surface area (Å²) in [5.74, 6) is 0. The number of nitrogens with two attached hydrogens (primary N) is 1. The highest BCUT2D eigenvalue weighted by atomic mass is 16.6. The topological polar surface area (TPSA) is 94.5 Å². The van der Waals surface area contributed by atoms with E-state index >= 15 is 0 Å². The molecule has 0 unspecified atom stereocenters. The van der Waals surface area contributed by atoms with E-state index in [9.17, 15) is 9.59 Å². The second-order valence-electron chi connectivity index (χ2n) is 3.38. The third-order valence-corrected chi connectivity index (χ3v) is 1.95. The summed E-state index contributed by atoms with van der Waals surface area (Å²) < 4.78 is 11.1. The molecule has 0 spiro atoms. The first-order valence-corrected chi connectivity index (χ1v) is 5.45. The molecule has 0 aliphatic rings. The normalized spacial score (nSPS) is 9.56. The third-order valence-electron chi connectivity index (χ3n) is 1.95. The molecule has 0 aromatic carbocycles. The lowest BCUT2D eigenvalue weighted by Gasteiger charge is -2.05. The largest absolute Gasteiger partial charge is 0.450 e. The van der Waals surface area contributed by atoms with Crippen molar-refractivity contribution in [2.45, 2.75) is 13.1 Å². The second kappa shape index (κ2) is 7.88. The van der Waals surface area contributed by atoms with Crippen LogP contribution in [0.1, 0.15) is 6.42 Å². The zero-order valence-electron chi connectivity index (χ0n) is 9.87. The van der Waals surface area contributed by atoms with Gasteiger partial charge in [0.2, 0.25) is 6.67 Å². The van der Waals surface area contributed by atoms with Gasteiger partial charge in [-0.25, -0.2) is 9.59 Å². The molecule has 1 rings (SSSR count). The third kappa shape index (κ3) is 6.31. The van der Waals surface area contributed by atoms with Gasteiger partial charge in [0, 0.05) is 18.6 Å². The van der Waals surface area contributed by atoms with Gasteiger partial charge in [0.25, 0.3) is 0 Å². The number of hydrogen-bond donors (Lipinski definition) is 2. The van der Waals surface area contributed by atoms with Gasteiger partial charge >= 0.3 is 12.2 Å². The number of carbonyl (C=O) groups excluding carboxylic acids is 2. The number of primary amides is 1. The van der Waals surface area contributed by atoms with E-state index in [1.165, 1.54) is 0 Å². The van der Waals surface area contributed by atoms with Gasteiger partial charge in [-0.15, -0.1) is 0 Å². The van der Waals surface area contributed by atoms with E-state index in [1.807, 2.05) is 30.6 Å². The molecule has 1 aromatic rings. The Hall–Kier alpha value is -2.31. The maximum atomic E-state index is 11.2. The monoisotopic (exact) mass is 254 g/mol. The summed E-state index contributed by atoms with van der Waals surface area (Å²) in [4.78, 5) is 21.5. The van der Waals surface area contributed by atoms with E-state index < -0.39 is 12.2 Å². The summed E-state index contributed by atoms with van der Waals surface area (Å²) in [5.41, 5.74) is 4.76. The molecule has 0 aliphatic carbocycles. The quantitative estimate of drug-likeness (QED) is 0.557. The van der Waals surface area contributed by atoms with E-state index in [2.05, 4.69) is 10.1 Å². The van der Waals surface area contributed by atoms with Crippen LogP contribution in [0.2, 0.25) is 0 Å². The highest BCUT2D eigenvalue weighted by Gasteiger charge is 2.04. The van der Waals surface area contributed by atoms with E-state index in [1.54, 1.807) is 4.57 Å². The number of nitrogens with one attached hydrogen (secondary N) is 1. The number of rotatable bonds is 6. The van der Waals surface area contributed by atoms with Gasteiger partial charge in [-0.1, -0.05) is 6.07 Å². The first kappa shape index (κ1) is 13.8. The predicted molar refractivity (Wildman–Crippen MR) is 61.3 cm³/mol. The van der Waals surface area contributed by atoms with E-state index in [-0.39, 0.29) is 13.2 Å². The van der Waals surface area contributed by atoms with Gasteiger partial charge in [0.15, 0.2) is 12.4 Å². The van der Waals surface area contributed by atoms with Crippen LogP contribution in [-0.2, 0) is 16.1 Å². The molecular weight excluding hydrogens is 238 g/mol. The number of pyridine rings is 1. The minimum Gasteiger partial charge on any atom is -0.450 e. The minimum atomic E-state index is -0.833. The molecule has 1 heterocycles. The van der Waals surface area contributed by atoms with Crippen molar-refractivity contribution in [1.82, 2.24) is 5.32 Å². The molecule has 0 fully saturated rings. The molecule has 7 nitrogen and oxygen atoms in total. The molecule has 0 aliphatic heterocycles. The molecule has 2 amide bonds. The second-order valence-corrected chi connectivity index (χ2v) is 3.38. The summed E-state index contributed by atoms with van der Waals surface area (Å²) in [6, 6.07) is 5.59. The van der Waals surface area contributed by atoms with Crippen LogP contribution in [-0.4, -0.2) is 25.4 Å². The molecule has 3 N–H and O–H groups in total. The Bertz CT molecular complexity index is 383. The van der Waals surface area contributed by atoms with E-state index in [0.717, 1.165) is 0 Å². The van der Waals surface area contributed by atoms with Crippen molar-refractivity contribution < 1.29 is 23.6 Å². The van der Waals surface area contributed by atoms with Crippen molar-refractivity contribution in [2.24, 2.45) is 5.73 Å². The molecule has 0 saturated carbocycles. The molecule has 18 heavy (non-hydrogen) atoms. The fourth-order valence-corrected chi connectivity index (χ4v) is 1.14. The number of aromatic nitrogens is 1. The van der Waals surface area contributed by atoms with Crippen molar-refractivity contribution in [1.29, 1.82) is 0 Å². The van der Waals surface area contributed by atoms with E-state index in [0.29, 0.717) is 13.1 Å². The van der Waals surface area contributed by atoms with Crippen molar-refractivity contribution in [3.05, 3.63) is 30.6 Å². The van der Waals surface area contributed by atoms with Gasteiger partial charge in [-0.3, -0.25) is 5.32 Å². The van der Waals surface area contributed by atoms with Crippen LogP contribution in [0.4, 0.5) is 9.59 Å². The van der Waals surface area contributed by atoms with Crippen molar-refractivity contribution in [3.8, 4) is 0 Å². The first-order valence-electron chi connectivity index (χ1n) is 5.45. The Kier molecular flexibility index (Phi) is 6.02. The van der Waals surface area contributed by atoms with Crippen LogP contribution < -0.4 is 15.6 Å². The van der Waals surface area contributed by atoms with Gasteiger partial charge in [0.05, 0.1) is 13.2 Å². The Morgan fingerprint density at radius 1 is 1.11 bits per heavy atom. The van der Waals surface area contributed by atoms with E-state index in [4.69, 9.17) is 10.5 Å². The van der Waals surface area contributed by atoms with Crippen LogP contribution in [0.25, 0.3) is 0 Å². The van der Waals surface area contributed by atoms with Gasteiger partial charge in [0.1, 0.15) is 0 Å². The number of amides is 2. The Morgan fingerprint density at radius 2 is 1.78 bits per heavy atom. The molecule has 0 bridgehead atoms. The molecule has 1 aromatic heterocycles. The van der Waals surface area contributed by atoms with Crippen molar-refractivity contribution in [2.75, 3.05) is 13.2 Å². The SMILES string of the molecule is NC(=O)OCCCOC(=O)NC[n+]1ccccc1. The average molecular weight is 254 g/mol. The van der Waals surface area contributed by atoms with Crippen molar-refractivity contribution >= 4 is 12.2 Å². The lowest BCUT2D eigenvalue weighted by molar-refractivity contribution is -0.700. The Labute approximate surface area is 104 Å². The fourth-order valence-electron chi connectivity index (χ4n) is 1.14. The molecular formula is C11H16N3O4+. The summed E-state index contributed by atoms with van der Waals surface area (Å²) in [7, 11) is 0.